The summed E-state index contributed by atoms with van der Waals surface area (Å²) in [6, 6.07) is 23.8. The van der Waals surface area contributed by atoms with E-state index in [4.69, 9.17) is 0 Å². The number of para-hydroxylation sites is 1. The van der Waals surface area contributed by atoms with Gasteiger partial charge in [0.15, 0.2) is 0 Å². The van der Waals surface area contributed by atoms with Crippen LogP contribution in [-0.4, -0.2) is 20.6 Å². The highest BCUT2D eigenvalue weighted by molar-refractivity contribution is 7.92. The van der Waals surface area contributed by atoms with Gasteiger partial charge in [-0.15, -0.1) is 0 Å². The maximum absolute atomic E-state index is 13.1. The summed E-state index contributed by atoms with van der Waals surface area (Å²) in [6.45, 7) is 4.07. The van der Waals surface area contributed by atoms with Crippen LogP contribution in [0.25, 0.3) is 0 Å². The van der Waals surface area contributed by atoms with Crippen LogP contribution in [0.2, 0.25) is 0 Å². The molecule has 0 aliphatic rings. The molecule has 0 saturated heterocycles. The fraction of sp³-hybridized carbons (Fsp3) is 0.208. The van der Waals surface area contributed by atoms with E-state index < -0.39 is 10.0 Å². The maximum atomic E-state index is 13.1. The summed E-state index contributed by atoms with van der Waals surface area (Å²) in [4.78, 5) is 13.1. The first-order chi connectivity index (χ1) is 14.3. The van der Waals surface area contributed by atoms with Crippen LogP contribution in [0.4, 0.5) is 5.69 Å². The number of benzene rings is 3. The number of carbonyl (C=O) groups is 1. The topological polar surface area (TPSA) is 66.5 Å². The lowest BCUT2D eigenvalue weighted by atomic mass is 10.1. The number of carbonyl (C=O) groups excluding carboxylic acids is 1. The van der Waals surface area contributed by atoms with Crippen molar-refractivity contribution in [1.29, 1.82) is 0 Å². The van der Waals surface area contributed by atoms with Gasteiger partial charge in [0.2, 0.25) is 10.0 Å². The van der Waals surface area contributed by atoms with Gasteiger partial charge in [0, 0.05) is 0 Å². The Bertz CT molecular complexity index is 1110. The number of hydrogen-bond donors (Lipinski definition) is 1. The van der Waals surface area contributed by atoms with Crippen molar-refractivity contribution in [2.45, 2.75) is 26.4 Å². The van der Waals surface area contributed by atoms with Gasteiger partial charge in [-0.1, -0.05) is 72.3 Å². The lowest BCUT2D eigenvalue weighted by molar-refractivity contribution is 0.0940. The summed E-state index contributed by atoms with van der Waals surface area (Å²) in [5, 5.41) is 2.98. The van der Waals surface area contributed by atoms with Crippen molar-refractivity contribution in [1.82, 2.24) is 5.32 Å². The minimum Gasteiger partial charge on any atom is -0.345 e. The van der Waals surface area contributed by atoms with Gasteiger partial charge in [-0.2, -0.15) is 0 Å². The van der Waals surface area contributed by atoms with Crippen LogP contribution in [-0.2, 0) is 16.6 Å². The normalized spacial score (nSPS) is 12.2. The summed E-state index contributed by atoms with van der Waals surface area (Å²) in [5.41, 5.74) is 3.64. The molecule has 0 radical (unpaired) electrons. The van der Waals surface area contributed by atoms with Crippen molar-refractivity contribution in [3.05, 3.63) is 101 Å². The number of anilines is 1. The molecule has 0 heterocycles. The Kier molecular flexibility index (Phi) is 6.57. The quantitative estimate of drug-likeness (QED) is 0.612. The molecule has 3 aromatic rings. The first-order valence-electron chi connectivity index (χ1n) is 9.74. The molecule has 0 spiro atoms. The third-order valence-electron chi connectivity index (χ3n) is 4.91. The van der Waals surface area contributed by atoms with Gasteiger partial charge in [-0.05, 0) is 37.1 Å². The Morgan fingerprint density at radius 2 is 1.53 bits per heavy atom. The molecule has 3 aromatic carbocycles. The molecule has 30 heavy (non-hydrogen) atoms. The number of amides is 1. The van der Waals surface area contributed by atoms with Gasteiger partial charge < -0.3 is 5.32 Å². The Hall–Kier alpha value is -3.12. The average Bonchev–Trinajstić information content (AvgIpc) is 2.72. The lowest BCUT2D eigenvalue weighted by Gasteiger charge is -2.25. The Balaban J connectivity index is 1.91. The number of sulfonamides is 1. The lowest BCUT2D eigenvalue weighted by Crippen LogP contribution is -2.33. The molecule has 0 aliphatic heterocycles. The second-order valence-corrected chi connectivity index (χ2v) is 9.29. The second-order valence-electron chi connectivity index (χ2n) is 7.38. The van der Waals surface area contributed by atoms with Crippen molar-refractivity contribution in [3.63, 3.8) is 0 Å². The van der Waals surface area contributed by atoms with Gasteiger partial charge in [0.05, 0.1) is 30.1 Å². The molecule has 0 saturated carbocycles. The summed E-state index contributed by atoms with van der Waals surface area (Å²) in [5.74, 6) is -0.319. The van der Waals surface area contributed by atoms with Crippen LogP contribution >= 0.6 is 0 Å². The molecular weight excluding hydrogens is 396 g/mol. The highest BCUT2D eigenvalue weighted by atomic mass is 32.2. The van der Waals surface area contributed by atoms with Gasteiger partial charge in [-0.3, -0.25) is 9.10 Å². The standard InChI is InChI=1S/C24H26N2O3S/c1-18-13-15-21(16-14-18)19(2)25-24(27)22-11-7-8-12-23(22)26(30(3,28)29)17-20-9-5-4-6-10-20/h4-16,19H,17H2,1-3H3,(H,25,27). The van der Waals surface area contributed by atoms with Crippen LogP contribution in [0.15, 0.2) is 78.9 Å². The number of rotatable bonds is 7. The Labute approximate surface area is 178 Å². The highest BCUT2D eigenvalue weighted by Crippen LogP contribution is 2.26. The summed E-state index contributed by atoms with van der Waals surface area (Å²) in [7, 11) is -3.60. The van der Waals surface area contributed by atoms with E-state index in [1.165, 1.54) is 4.31 Å². The molecule has 6 heteroatoms. The van der Waals surface area contributed by atoms with E-state index in [0.717, 1.165) is 22.9 Å². The summed E-state index contributed by atoms with van der Waals surface area (Å²) >= 11 is 0. The minimum absolute atomic E-state index is 0.150. The van der Waals surface area contributed by atoms with E-state index >= 15 is 0 Å². The molecule has 1 amide bonds. The van der Waals surface area contributed by atoms with Gasteiger partial charge >= 0.3 is 0 Å². The molecular formula is C24H26N2O3S. The third kappa shape index (κ3) is 5.27. The first-order valence-corrected chi connectivity index (χ1v) is 11.6. The van der Waals surface area contributed by atoms with E-state index in [9.17, 15) is 13.2 Å². The average molecular weight is 423 g/mol. The largest absolute Gasteiger partial charge is 0.345 e. The van der Waals surface area contributed by atoms with Crippen molar-refractivity contribution < 1.29 is 13.2 Å². The molecule has 5 nitrogen and oxygen atoms in total. The van der Waals surface area contributed by atoms with Crippen LogP contribution < -0.4 is 9.62 Å². The zero-order valence-corrected chi connectivity index (χ0v) is 18.2. The van der Waals surface area contributed by atoms with Gasteiger partial charge in [-0.25, -0.2) is 8.42 Å². The summed E-state index contributed by atoms with van der Waals surface area (Å²) in [6.07, 6.45) is 1.15. The molecule has 0 bridgehead atoms. The predicted octanol–water partition coefficient (Wildman–Crippen LogP) is 4.45. The van der Waals surface area contributed by atoms with Crippen LogP contribution in [0, 0.1) is 6.92 Å². The minimum atomic E-state index is -3.60. The molecule has 1 N–H and O–H groups in total. The van der Waals surface area contributed by atoms with Crippen molar-refractivity contribution in [2.24, 2.45) is 0 Å². The number of hydrogen-bond acceptors (Lipinski definition) is 3. The monoisotopic (exact) mass is 422 g/mol. The van der Waals surface area contributed by atoms with Crippen LogP contribution in [0.5, 0.6) is 0 Å². The van der Waals surface area contributed by atoms with Gasteiger partial charge in [0.1, 0.15) is 0 Å². The molecule has 0 aliphatic carbocycles. The fourth-order valence-electron chi connectivity index (χ4n) is 3.23. The second kappa shape index (κ2) is 9.13. The van der Waals surface area contributed by atoms with Crippen molar-refractivity contribution >= 4 is 21.6 Å². The third-order valence-corrected chi connectivity index (χ3v) is 6.04. The van der Waals surface area contributed by atoms with E-state index in [2.05, 4.69) is 5.32 Å². The van der Waals surface area contributed by atoms with Crippen molar-refractivity contribution in [2.75, 3.05) is 10.6 Å². The van der Waals surface area contributed by atoms with E-state index in [0.29, 0.717) is 11.3 Å². The number of aryl methyl sites for hydroxylation is 1. The maximum Gasteiger partial charge on any atom is 0.253 e. The number of nitrogens with one attached hydrogen (secondary N) is 1. The van der Waals surface area contributed by atoms with E-state index in [1.807, 2.05) is 68.4 Å². The zero-order valence-electron chi connectivity index (χ0n) is 17.4. The van der Waals surface area contributed by atoms with E-state index in [1.54, 1.807) is 24.3 Å². The van der Waals surface area contributed by atoms with E-state index in [-0.39, 0.29) is 18.5 Å². The molecule has 0 aromatic heterocycles. The SMILES string of the molecule is Cc1ccc(C(C)NC(=O)c2ccccc2N(Cc2ccccc2)S(C)(=O)=O)cc1. The predicted molar refractivity (Wildman–Crippen MR) is 121 cm³/mol. The fourth-order valence-corrected chi connectivity index (χ4v) is 4.13. The number of nitrogens with zero attached hydrogens (tertiary/aromatic N) is 1. The van der Waals surface area contributed by atoms with Gasteiger partial charge in [0.25, 0.3) is 5.91 Å². The molecule has 1 unspecified atom stereocenters. The highest BCUT2D eigenvalue weighted by Gasteiger charge is 2.24. The zero-order chi connectivity index (χ0) is 21.7. The smallest absolute Gasteiger partial charge is 0.253 e. The molecule has 3 rings (SSSR count). The Morgan fingerprint density at radius 1 is 0.933 bits per heavy atom. The van der Waals surface area contributed by atoms with Crippen LogP contribution in [0.3, 0.4) is 0 Å². The summed E-state index contributed by atoms with van der Waals surface area (Å²) < 4.78 is 26.4. The molecule has 156 valence electrons. The van der Waals surface area contributed by atoms with Crippen molar-refractivity contribution in [3.8, 4) is 0 Å². The molecule has 0 fully saturated rings. The molecule has 1 atom stereocenters. The first kappa shape index (κ1) is 21.6. The Morgan fingerprint density at radius 3 is 2.17 bits per heavy atom. The van der Waals surface area contributed by atoms with Crippen LogP contribution in [0.1, 0.15) is 40.0 Å².